The van der Waals surface area contributed by atoms with Crippen LogP contribution in [0.1, 0.15) is 46.5 Å². The van der Waals surface area contributed by atoms with Gasteiger partial charge in [-0.25, -0.2) is 8.42 Å². The minimum Gasteiger partial charge on any atom is -0.313 e. The van der Waals surface area contributed by atoms with Crippen molar-refractivity contribution in [3.8, 4) is 0 Å². The molecule has 2 atom stereocenters. The fraction of sp³-hybridized carbons (Fsp3) is 1.00. The van der Waals surface area contributed by atoms with Gasteiger partial charge in [0.1, 0.15) is 0 Å². The summed E-state index contributed by atoms with van der Waals surface area (Å²) in [6, 6.07) is 0.178. The lowest BCUT2D eigenvalue weighted by molar-refractivity contribution is 0.354. The minimum atomic E-state index is -2.88. The molecule has 1 aliphatic rings. The molecule has 0 aromatic rings. The molecule has 2 unspecified atom stereocenters. The number of hydrogen-bond acceptors (Lipinski definition) is 3. The van der Waals surface area contributed by atoms with Crippen LogP contribution in [-0.2, 0) is 9.84 Å². The molecule has 0 saturated heterocycles. The summed E-state index contributed by atoms with van der Waals surface area (Å²) in [5, 5.41) is 3.26. The largest absolute Gasteiger partial charge is 0.313 e. The number of sulfone groups is 1. The van der Waals surface area contributed by atoms with Crippen LogP contribution in [0.4, 0.5) is 0 Å². The summed E-state index contributed by atoms with van der Waals surface area (Å²) in [6.07, 6.45) is 5.31. The Morgan fingerprint density at radius 3 is 2.38 bits per heavy atom. The topological polar surface area (TPSA) is 46.2 Å². The van der Waals surface area contributed by atoms with Crippen LogP contribution in [0.2, 0.25) is 0 Å². The zero-order valence-corrected chi connectivity index (χ0v) is 11.7. The van der Waals surface area contributed by atoms with E-state index in [1.807, 2.05) is 0 Å². The maximum absolute atomic E-state index is 11.6. The fourth-order valence-corrected chi connectivity index (χ4v) is 3.73. The zero-order chi connectivity index (χ0) is 12.4. The molecule has 0 bridgehead atoms. The van der Waals surface area contributed by atoms with Crippen LogP contribution in [0.3, 0.4) is 0 Å². The quantitative estimate of drug-likeness (QED) is 0.826. The lowest BCUT2D eigenvalue weighted by atomic mass is 9.92. The smallest absolute Gasteiger partial charge is 0.151 e. The Kier molecular flexibility index (Phi) is 4.41. The molecule has 1 fully saturated rings. The van der Waals surface area contributed by atoms with E-state index in [-0.39, 0.29) is 11.3 Å². The van der Waals surface area contributed by atoms with E-state index in [9.17, 15) is 8.42 Å². The van der Waals surface area contributed by atoms with Crippen LogP contribution in [0.25, 0.3) is 0 Å². The molecule has 1 aliphatic carbocycles. The average molecular weight is 247 g/mol. The molecule has 96 valence electrons. The highest BCUT2D eigenvalue weighted by Crippen LogP contribution is 2.25. The van der Waals surface area contributed by atoms with Gasteiger partial charge in [0.25, 0.3) is 0 Å². The average Bonchev–Trinajstić information content (AvgIpc) is 2.48. The molecule has 0 radical (unpaired) electrons. The van der Waals surface area contributed by atoms with Crippen molar-refractivity contribution in [1.82, 2.24) is 5.32 Å². The molecule has 1 N–H and O–H groups in total. The van der Waals surface area contributed by atoms with E-state index in [2.05, 4.69) is 26.1 Å². The molecule has 1 saturated carbocycles. The fourth-order valence-electron chi connectivity index (χ4n) is 2.30. The maximum atomic E-state index is 11.6. The first kappa shape index (κ1) is 14.0. The second-order valence-electron chi connectivity index (χ2n) is 6.17. The van der Waals surface area contributed by atoms with Gasteiger partial charge in [-0.2, -0.15) is 0 Å². The summed E-state index contributed by atoms with van der Waals surface area (Å²) < 4.78 is 23.1. The predicted octanol–water partition coefficient (Wildman–Crippen LogP) is 1.98. The van der Waals surface area contributed by atoms with Crippen molar-refractivity contribution < 1.29 is 8.42 Å². The van der Waals surface area contributed by atoms with E-state index < -0.39 is 9.84 Å². The van der Waals surface area contributed by atoms with E-state index >= 15 is 0 Å². The Morgan fingerprint density at radius 2 is 1.88 bits per heavy atom. The van der Waals surface area contributed by atoms with Crippen LogP contribution in [-0.4, -0.2) is 32.5 Å². The highest BCUT2D eigenvalue weighted by atomic mass is 32.2. The standard InChI is InChI=1S/C12H25NO2S/c1-12(2,3)8-9-13-10-6-5-7-11(10)16(4,14)15/h10-11,13H,5-9H2,1-4H3. The van der Waals surface area contributed by atoms with Crippen LogP contribution in [0.15, 0.2) is 0 Å². The molecule has 16 heavy (non-hydrogen) atoms. The normalized spacial score (nSPS) is 27.2. The summed E-state index contributed by atoms with van der Waals surface area (Å²) in [5.41, 5.74) is 0.312. The van der Waals surface area contributed by atoms with E-state index in [1.54, 1.807) is 0 Å². The number of nitrogens with one attached hydrogen (secondary N) is 1. The van der Waals surface area contributed by atoms with E-state index in [1.165, 1.54) is 6.26 Å². The Bertz CT molecular complexity index is 316. The van der Waals surface area contributed by atoms with E-state index in [4.69, 9.17) is 0 Å². The molecule has 1 rings (SSSR count). The van der Waals surface area contributed by atoms with Gasteiger partial charge in [-0.05, 0) is 31.2 Å². The molecule has 0 heterocycles. The monoisotopic (exact) mass is 247 g/mol. The Hall–Kier alpha value is -0.0900. The van der Waals surface area contributed by atoms with E-state index in [0.29, 0.717) is 5.41 Å². The van der Waals surface area contributed by atoms with Crippen molar-refractivity contribution in [3.63, 3.8) is 0 Å². The Balaban J connectivity index is 2.43. The second kappa shape index (κ2) is 5.05. The summed E-state index contributed by atoms with van der Waals surface area (Å²) in [6.45, 7) is 7.53. The number of rotatable bonds is 4. The van der Waals surface area contributed by atoms with E-state index in [0.717, 1.165) is 32.2 Å². The lowest BCUT2D eigenvalue weighted by Gasteiger charge is -2.23. The third-order valence-corrected chi connectivity index (χ3v) is 4.95. The van der Waals surface area contributed by atoms with Gasteiger partial charge in [0.15, 0.2) is 9.84 Å². The van der Waals surface area contributed by atoms with Crippen molar-refractivity contribution in [1.29, 1.82) is 0 Å². The zero-order valence-electron chi connectivity index (χ0n) is 10.9. The first-order valence-electron chi connectivity index (χ1n) is 6.12. The Labute approximate surface area is 99.9 Å². The molecule has 0 spiro atoms. The summed E-state index contributed by atoms with van der Waals surface area (Å²) in [7, 11) is -2.88. The molecule has 0 aliphatic heterocycles. The molecule has 4 heteroatoms. The summed E-state index contributed by atoms with van der Waals surface area (Å²) in [4.78, 5) is 0. The van der Waals surface area contributed by atoms with Gasteiger partial charge < -0.3 is 5.32 Å². The van der Waals surface area contributed by atoms with Crippen molar-refractivity contribution >= 4 is 9.84 Å². The third-order valence-electron chi connectivity index (χ3n) is 3.28. The van der Waals surface area contributed by atoms with Crippen molar-refractivity contribution in [2.24, 2.45) is 5.41 Å². The predicted molar refractivity (Wildman–Crippen MR) is 68.3 cm³/mol. The van der Waals surface area contributed by atoms with Gasteiger partial charge in [-0.3, -0.25) is 0 Å². The molecule has 0 aromatic heterocycles. The van der Waals surface area contributed by atoms with Crippen LogP contribution >= 0.6 is 0 Å². The maximum Gasteiger partial charge on any atom is 0.151 e. The van der Waals surface area contributed by atoms with Gasteiger partial charge in [-0.1, -0.05) is 27.2 Å². The molecular formula is C12H25NO2S. The van der Waals surface area contributed by atoms with Gasteiger partial charge in [0.05, 0.1) is 5.25 Å². The third kappa shape index (κ3) is 4.42. The first-order chi connectivity index (χ1) is 7.20. The Morgan fingerprint density at radius 1 is 1.25 bits per heavy atom. The second-order valence-corrected chi connectivity index (χ2v) is 8.43. The van der Waals surface area contributed by atoms with Crippen LogP contribution in [0.5, 0.6) is 0 Å². The van der Waals surface area contributed by atoms with Crippen LogP contribution in [0, 0.1) is 5.41 Å². The molecule has 0 aromatic carbocycles. The van der Waals surface area contributed by atoms with Gasteiger partial charge in [0, 0.05) is 12.3 Å². The van der Waals surface area contributed by atoms with Crippen LogP contribution < -0.4 is 5.32 Å². The van der Waals surface area contributed by atoms with Gasteiger partial charge in [0.2, 0.25) is 0 Å². The van der Waals surface area contributed by atoms with Gasteiger partial charge in [-0.15, -0.1) is 0 Å². The number of hydrogen-bond donors (Lipinski definition) is 1. The SMILES string of the molecule is CC(C)(C)CCNC1CCCC1S(C)(=O)=O. The molecular weight excluding hydrogens is 222 g/mol. The minimum absolute atomic E-state index is 0.160. The highest BCUT2D eigenvalue weighted by molar-refractivity contribution is 7.91. The van der Waals surface area contributed by atoms with Gasteiger partial charge >= 0.3 is 0 Å². The van der Waals surface area contributed by atoms with Crippen molar-refractivity contribution in [3.05, 3.63) is 0 Å². The van der Waals surface area contributed by atoms with Crippen molar-refractivity contribution in [2.45, 2.75) is 57.7 Å². The molecule has 3 nitrogen and oxygen atoms in total. The van der Waals surface area contributed by atoms with Crippen molar-refractivity contribution in [2.75, 3.05) is 12.8 Å². The summed E-state index contributed by atoms with van der Waals surface area (Å²) in [5.74, 6) is 0. The molecule has 0 amide bonds. The summed E-state index contributed by atoms with van der Waals surface area (Å²) >= 11 is 0. The lowest BCUT2D eigenvalue weighted by Crippen LogP contribution is -2.41. The first-order valence-corrected chi connectivity index (χ1v) is 8.08. The highest BCUT2D eigenvalue weighted by Gasteiger charge is 2.34.